The number of rotatable bonds is 5. The minimum absolute atomic E-state index is 0.124. The monoisotopic (exact) mass is 394 g/mol. The number of nitrogens with two attached hydrogens (primary N) is 1. The number of aromatic nitrogens is 1. The van der Waals surface area contributed by atoms with Crippen molar-refractivity contribution in [1.82, 2.24) is 4.57 Å². The molecule has 0 saturated carbocycles. The van der Waals surface area contributed by atoms with Crippen molar-refractivity contribution in [2.24, 2.45) is 16.8 Å². The molecule has 0 radical (unpaired) electrons. The van der Waals surface area contributed by atoms with Crippen molar-refractivity contribution in [3.8, 4) is 0 Å². The molecule has 1 fully saturated rings. The zero-order valence-electron chi connectivity index (χ0n) is 15.4. The Morgan fingerprint density at radius 1 is 1.46 bits per heavy atom. The molecule has 10 heteroatoms. The van der Waals surface area contributed by atoms with Crippen LogP contribution in [0.15, 0.2) is 22.2 Å². The number of aromatic carboxylic acids is 1. The lowest BCUT2D eigenvalue weighted by atomic mass is 10.1. The van der Waals surface area contributed by atoms with E-state index < -0.39 is 28.6 Å². The van der Waals surface area contributed by atoms with Crippen LogP contribution < -0.4 is 16.1 Å². The summed E-state index contributed by atoms with van der Waals surface area (Å²) in [7, 11) is 1.38. The molecule has 8 nitrogen and oxygen atoms in total. The van der Waals surface area contributed by atoms with Crippen LogP contribution in [0.1, 0.15) is 17.3 Å². The molecule has 150 valence electrons. The summed E-state index contributed by atoms with van der Waals surface area (Å²) in [6, 6.07) is 0.886. The summed E-state index contributed by atoms with van der Waals surface area (Å²) in [5, 5.41) is 12.8. The van der Waals surface area contributed by atoms with Gasteiger partial charge in [-0.25, -0.2) is 13.6 Å². The Kier molecular flexibility index (Phi) is 5.32. The highest BCUT2D eigenvalue weighted by atomic mass is 19.1. The molecule has 1 aromatic carbocycles. The lowest BCUT2D eigenvalue weighted by molar-refractivity contribution is 0.0695. The lowest BCUT2D eigenvalue weighted by Gasteiger charge is -2.21. The number of aryl methyl sites for hydroxylation is 1. The number of fused-ring (bicyclic) bond motifs is 1. The second kappa shape index (κ2) is 7.55. The smallest absolute Gasteiger partial charge is 0.341 e. The van der Waals surface area contributed by atoms with Gasteiger partial charge >= 0.3 is 5.97 Å². The van der Waals surface area contributed by atoms with Gasteiger partial charge in [-0.1, -0.05) is 5.16 Å². The van der Waals surface area contributed by atoms with Gasteiger partial charge in [0.2, 0.25) is 5.43 Å². The van der Waals surface area contributed by atoms with Crippen LogP contribution in [-0.2, 0) is 11.4 Å². The Labute approximate surface area is 158 Å². The highest BCUT2D eigenvalue weighted by Crippen LogP contribution is 2.32. The molecule has 28 heavy (non-hydrogen) atoms. The van der Waals surface area contributed by atoms with E-state index >= 15 is 4.39 Å². The zero-order chi connectivity index (χ0) is 20.6. The van der Waals surface area contributed by atoms with Crippen LogP contribution in [-0.4, -0.2) is 48.1 Å². The highest BCUT2D eigenvalue weighted by molar-refractivity contribution is 5.96. The highest BCUT2D eigenvalue weighted by Gasteiger charge is 2.33. The molecular formula is C18H20F2N4O4. The van der Waals surface area contributed by atoms with Gasteiger partial charge in [-0.15, -0.1) is 0 Å². The first-order chi connectivity index (χ1) is 13.3. The van der Waals surface area contributed by atoms with Gasteiger partial charge in [0, 0.05) is 31.7 Å². The summed E-state index contributed by atoms with van der Waals surface area (Å²) >= 11 is 0. The number of anilines is 1. The van der Waals surface area contributed by atoms with E-state index in [1.165, 1.54) is 16.6 Å². The number of oxime groups is 1. The van der Waals surface area contributed by atoms with E-state index in [0.29, 0.717) is 5.71 Å². The molecule has 3 N–H and O–H groups in total. The number of hydrogen-bond donors (Lipinski definition) is 2. The standard InChI is InChI=1S/C18H20F2N4O4/c1-3-23-7-11(18(26)27)17(25)10-4-12(19)16(14(20)15(10)23)24-6-9(5-21)13(8-24)22-28-2/h4,7,9H,3,5-6,8,21H2,1-2H3,(H,26,27)/b22-13+. The molecule has 1 aliphatic heterocycles. The number of hydrogen-bond acceptors (Lipinski definition) is 6. The summed E-state index contributed by atoms with van der Waals surface area (Å²) in [5.74, 6) is -3.57. The summed E-state index contributed by atoms with van der Waals surface area (Å²) in [6.45, 7) is 2.46. The predicted molar refractivity (Wildman–Crippen MR) is 100.0 cm³/mol. The Hall–Kier alpha value is -3.01. The van der Waals surface area contributed by atoms with Crippen LogP contribution in [0.2, 0.25) is 0 Å². The fraction of sp³-hybridized carbons (Fsp3) is 0.389. The van der Waals surface area contributed by atoms with Crippen LogP contribution in [0.25, 0.3) is 10.9 Å². The number of carbonyl (C=O) groups is 1. The van der Waals surface area contributed by atoms with Crippen LogP contribution in [0.5, 0.6) is 0 Å². The van der Waals surface area contributed by atoms with E-state index in [4.69, 9.17) is 10.6 Å². The van der Waals surface area contributed by atoms with E-state index in [-0.39, 0.29) is 48.7 Å². The van der Waals surface area contributed by atoms with Gasteiger partial charge in [-0.2, -0.15) is 0 Å². The molecule has 0 amide bonds. The SMILES string of the molecule is CCn1cc(C(=O)O)c(=O)c2cc(F)c(N3C/C(=N\OC)C(CN)C3)c(F)c21. The quantitative estimate of drug-likeness (QED) is 0.742. The Morgan fingerprint density at radius 3 is 2.75 bits per heavy atom. The molecule has 1 atom stereocenters. The maximum atomic E-state index is 15.4. The number of halogens is 2. The normalized spacial score (nSPS) is 18.2. The molecule has 0 bridgehead atoms. The fourth-order valence-electron chi connectivity index (χ4n) is 3.53. The number of benzene rings is 1. The summed E-state index contributed by atoms with van der Waals surface area (Å²) < 4.78 is 31.5. The molecule has 1 aliphatic rings. The number of carboxylic acids is 1. The van der Waals surface area contributed by atoms with Gasteiger partial charge in [0.25, 0.3) is 0 Å². The number of pyridine rings is 1. The van der Waals surface area contributed by atoms with Crippen molar-refractivity contribution in [3.05, 3.63) is 39.7 Å². The fourth-order valence-corrected chi connectivity index (χ4v) is 3.53. The predicted octanol–water partition coefficient (Wildman–Crippen LogP) is 1.40. The maximum Gasteiger partial charge on any atom is 0.341 e. The molecule has 0 aliphatic carbocycles. The second-order valence-electron chi connectivity index (χ2n) is 6.46. The molecule has 0 spiro atoms. The van der Waals surface area contributed by atoms with E-state index in [2.05, 4.69) is 5.16 Å². The minimum Gasteiger partial charge on any atom is -0.477 e. The van der Waals surface area contributed by atoms with Gasteiger partial charge in [-0.05, 0) is 13.0 Å². The molecule has 1 saturated heterocycles. The van der Waals surface area contributed by atoms with Crippen LogP contribution in [0.3, 0.4) is 0 Å². The summed E-state index contributed by atoms with van der Waals surface area (Å²) in [6.07, 6.45) is 1.07. The minimum atomic E-state index is -1.45. The Morgan fingerprint density at radius 2 is 2.18 bits per heavy atom. The summed E-state index contributed by atoms with van der Waals surface area (Å²) in [4.78, 5) is 29.9. The van der Waals surface area contributed by atoms with Gasteiger partial charge in [0.1, 0.15) is 24.2 Å². The van der Waals surface area contributed by atoms with Crippen molar-refractivity contribution >= 4 is 28.3 Å². The van der Waals surface area contributed by atoms with E-state index in [0.717, 1.165) is 12.3 Å². The average Bonchev–Trinajstić information content (AvgIpc) is 3.05. The maximum absolute atomic E-state index is 15.4. The molecule has 2 heterocycles. The van der Waals surface area contributed by atoms with E-state index in [1.807, 2.05) is 0 Å². The van der Waals surface area contributed by atoms with E-state index in [1.54, 1.807) is 6.92 Å². The summed E-state index contributed by atoms with van der Waals surface area (Å²) in [5.41, 5.74) is 4.36. The van der Waals surface area contributed by atoms with Crippen molar-refractivity contribution in [2.45, 2.75) is 13.5 Å². The lowest BCUT2D eigenvalue weighted by Crippen LogP contribution is -2.26. The molecule has 3 rings (SSSR count). The van der Waals surface area contributed by atoms with Crippen molar-refractivity contribution in [1.29, 1.82) is 0 Å². The molecular weight excluding hydrogens is 374 g/mol. The van der Waals surface area contributed by atoms with Crippen LogP contribution >= 0.6 is 0 Å². The largest absolute Gasteiger partial charge is 0.477 e. The van der Waals surface area contributed by atoms with Gasteiger partial charge in [0.05, 0.1) is 23.2 Å². The topological polar surface area (TPSA) is 110 Å². The van der Waals surface area contributed by atoms with Crippen LogP contribution in [0, 0.1) is 17.6 Å². The third-order valence-corrected chi connectivity index (χ3v) is 4.87. The molecule has 2 aromatic rings. The third kappa shape index (κ3) is 3.09. The zero-order valence-corrected chi connectivity index (χ0v) is 15.4. The van der Waals surface area contributed by atoms with Gasteiger partial charge < -0.3 is 25.1 Å². The van der Waals surface area contributed by atoms with Crippen molar-refractivity contribution in [2.75, 3.05) is 31.6 Å². The Balaban J connectivity index is 2.24. The molecule has 1 aromatic heterocycles. The Bertz CT molecular complexity index is 1030. The van der Waals surface area contributed by atoms with Gasteiger partial charge in [0.15, 0.2) is 5.82 Å². The van der Waals surface area contributed by atoms with Gasteiger partial charge in [-0.3, -0.25) is 4.79 Å². The first-order valence-corrected chi connectivity index (χ1v) is 8.67. The first kappa shape index (κ1) is 19.7. The van der Waals surface area contributed by atoms with Crippen molar-refractivity contribution in [3.63, 3.8) is 0 Å². The second-order valence-corrected chi connectivity index (χ2v) is 6.46. The van der Waals surface area contributed by atoms with Crippen molar-refractivity contribution < 1.29 is 23.5 Å². The number of carboxylic acid groups (broad SMARTS) is 1. The van der Waals surface area contributed by atoms with Crippen LogP contribution in [0.4, 0.5) is 14.5 Å². The first-order valence-electron chi connectivity index (χ1n) is 8.67. The average molecular weight is 394 g/mol. The number of nitrogens with zero attached hydrogens (tertiary/aromatic N) is 3. The van der Waals surface area contributed by atoms with E-state index in [9.17, 15) is 19.1 Å². The third-order valence-electron chi connectivity index (χ3n) is 4.87. The molecule has 1 unspecified atom stereocenters.